The molecule has 2 rings (SSSR count). The predicted molar refractivity (Wildman–Crippen MR) is 59.5 cm³/mol. The number of anilines is 1. The number of carbonyl (C=O) groups is 2. The lowest BCUT2D eigenvalue weighted by atomic mass is 10.3. The van der Waals surface area contributed by atoms with Gasteiger partial charge in [-0.05, 0) is 19.8 Å². The summed E-state index contributed by atoms with van der Waals surface area (Å²) in [5.74, 6) is -1.37. The molecule has 1 atom stereocenters. The van der Waals surface area contributed by atoms with Crippen LogP contribution in [0.1, 0.15) is 36.3 Å². The van der Waals surface area contributed by atoms with Gasteiger partial charge in [0.25, 0.3) is 0 Å². The molecule has 1 heterocycles. The molecule has 17 heavy (non-hydrogen) atoms. The number of aromatic nitrogens is 2. The third kappa shape index (κ3) is 2.38. The molecule has 1 aliphatic rings. The van der Waals surface area contributed by atoms with Crippen LogP contribution in [0, 0.1) is 0 Å². The molecule has 92 valence electrons. The number of hydrogen-bond acceptors (Lipinski definition) is 4. The molecule has 1 aromatic rings. The van der Waals surface area contributed by atoms with Crippen molar-refractivity contribution in [2.24, 2.45) is 0 Å². The van der Waals surface area contributed by atoms with Gasteiger partial charge in [0.15, 0.2) is 5.69 Å². The van der Waals surface area contributed by atoms with E-state index in [0.717, 1.165) is 12.8 Å². The Hall–Kier alpha value is -2.05. The van der Waals surface area contributed by atoms with Crippen LogP contribution >= 0.6 is 0 Å². The average molecular weight is 238 g/mol. The molecule has 1 amide bonds. The number of carboxylic acid groups (broad SMARTS) is 1. The van der Waals surface area contributed by atoms with E-state index in [-0.39, 0.29) is 23.3 Å². The summed E-state index contributed by atoms with van der Waals surface area (Å²) in [5, 5.41) is 15.4. The molecule has 0 aliphatic heterocycles. The maximum Gasteiger partial charge on any atom is 0.358 e. The summed E-state index contributed by atoms with van der Waals surface area (Å²) in [4.78, 5) is 22.5. The second kappa shape index (κ2) is 4.08. The first-order valence-corrected chi connectivity index (χ1v) is 5.37. The van der Waals surface area contributed by atoms with Crippen molar-refractivity contribution in [1.82, 2.24) is 15.1 Å². The van der Waals surface area contributed by atoms with E-state index in [9.17, 15) is 9.59 Å². The van der Waals surface area contributed by atoms with Crippen molar-refractivity contribution in [3.8, 4) is 0 Å². The molecule has 7 heteroatoms. The minimum absolute atomic E-state index is 0.0589. The quantitative estimate of drug-likeness (QED) is 0.684. The van der Waals surface area contributed by atoms with E-state index >= 15 is 0 Å². The largest absolute Gasteiger partial charge is 0.476 e. The lowest BCUT2D eigenvalue weighted by molar-refractivity contribution is -0.124. The normalized spacial score (nSPS) is 16.5. The highest BCUT2D eigenvalue weighted by Gasteiger charge is 2.27. The molecular formula is C10H14N4O3. The molecular weight excluding hydrogens is 224 g/mol. The van der Waals surface area contributed by atoms with Crippen molar-refractivity contribution in [1.29, 1.82) is 0 Å². The number of carbonyl (C=O) groups excluding carboxylic acids is 1. The average Bonchev–Trinajstić information content (AvgIpc) is 2.97. The molecule has 1 fully saturated rings. The summed E-state index contributed by atoms with van der Waals surface area (Å²) < 4.78 is 1.27. The van der Waals surface area contributed by atoms with Gasteiger partial charge in [-0.3, -0.25) is 9.48 Å². The fourth-order valence-electron chi connectivity index (χ4n) is 1.44. The summed E-state index contributed by atoms with van der Waals surface area (Å²) in [6, 6.07) is -0.303. The zero-order valence-electron chi connectivity index (χ0n) is 9.38. The van der Waals surface area contributed by atoms with E-state index in [2.05, 4.69) is 10.4 Å². The molecule has 1 aromatic heterocycles. The molecule has 0 bridgehead atoms. The van der Waals surface area contributed by atoms with Gasteiger partial charge in [-0.25, -0.2) is 4.79 Å². The number of aromatic carboxylic acids is 1. The van der Waals surface area contributed by atoms with Gasteiger partial charge in [0.05, 0.1) is 5.69 Å². The summed E-state index contributed by atoms with van der Waals surface area (Å²) >= 11 is 0. The molecule has 0 aromatic carbocycles. The van der Waals surface area contributed by atoms with E-state index in [1.807, 2.05) is 0 Å². The van der Waals surface area contributed by atoms with Crippen LogP contribution in [0.4, 0.5) is 5.69 Å². The number of rotatable bonds is 4. The topological polar surface area (TPSA) is 110 Å². The van der Waals surface area contributed by atoms with E-state index in [0.29, 0.717) is 0 Å². The van der Waals surface area contributed by atoms with E-state index < -0.39 is 12.0 Å². The Morgan fingerprint density at radius 1 is 1.65 bits per heavy atom. The lowest BCUT2D eigenvalue weighted by Gasteiger charge is -2.11. The van der Waals surface area contributed by atoms with Crippen molar-refractivity contribution in [3.05, 3.63) is 11.9 Å². The van der Waals surface area contributed by atoms with Crippen LogP contribution in [0.5, 0.6) is 0 Å². The van der Waals surface area contributed by atoms with Crippen molar-refractivity contribution in [2.45, 2.75) is 31.8 Å². The predicted octanol–water partition coefficient (Wildman–Crippen LogP) is 0.00310. The SMILES string of the molecule is CC(C(=O)NC1CC1)n1cc(N)c(C(=O)O)n1. The first-order chi connectivity index (χ1) is 7.99. The molecule has 1 aliphatic carbocycles. The number of nitrogens with two attached hydrogens (primary N) is 1. The first kappa shape index (κ1) is 11.4. The van der Waals surface area contributed by atoms with Crippen LogP contribution in [0.25, 0.3) is 0 Å². The van der Waals surface area contributed by atoms with Gasteiger partial charge in [-0.1, -0.05) is 0 Å². The molecule has 0 radical (unpaired) electrons. The molecule has 1 unspecified atom stereocenters. The Kier molecular flexibility index (Phi) is 2.74. The third-order valence-electron chi connectivity index (χ3n) is 2.66. The molecule has 0 saturated heterocycles. The molecule has 1 saturated carbocycles. The fraction of sp³-hybridized carbons (Fsp3) is 0.500. The van der Waals surface area contributed by atoms with Gasteiger partial charge in [0.2, 0.25) is 5.91 Å². The van der Waals surface area contributed by atoms with E-state index in [1.54, 1.807) is 6.92 Å². The zero-order valence-corrected chi connectivity index (χ0v) is 9.38. The molecule has 4 N–H and O–H groups in total. The van der Waals surface area contributed by atoms with Crippen LogP contribution in [-0.2, 0) is 4.79 Å². The standard InChI is InChI=1S/C10H14N4O3/c1-5(9(15)12-6-2-3-6)14-4-7(11)8(13-14)10(16)17/h4-6H,2-3,11H2,1H3,(H,12,15)(H,16,17). The Morgan fingerprint density at radius 3 is 2.76 bits per heavy atom. The smallest absolute Gasteiger partial charge is 0.358 e. The number of nitrogen functional groups attached to an aromatic ring is 1. The van der Waals surface area contributed by atoms with Crippen LogP contribution in [0.2, 0.25) is 0 Å². The number of nitrogens with one attached hydrogen (secondary N) is 1. The maximum absolute atomic E-state index is 11.7. The van der Waals surface area contributed by atoms with Gasteiger partial charge < -0.3 is 16.2 Å². The lowest BCUT2D eigenvalue weighted by Crippen LogP contribution is -2.32. The van der Waals surface area contributed by atoms with Crippen LogP contribution in [-0.4, -0.2) is 32.8 Å². The summed E-state index contributed by atoms with van der Waals surface area (Å²) in [7, 11) is 0. The Bertz CT molecular complexity index is 464. The van der Waals surface area contributed by atoms with Gasteiger partial charge in [0, 0.05) is 12.2 Å². The van der Waals surface area contributed by atoms with Gasteiger partial charge in [0.1, 0.15) is 6.04 Å². The second-order valence-corrected chi connectivity index (χ2v) is 4.18. The van der Waals surface area contributed by atoms with E-state index in [1.165, 1.54) is 10.9 Å². The highest BCUT2D eigenvalue weighted by molar-refractivity contribution is 5.91. The summed E-state index contributed by atoms with van der Waals surface area (Å²) in [5.41, 5.74) is 5.33. The number of nitrogens with zero attached hydrogens (tertiary/aromatic N) is 2. The van der Waals surface area contributed by atoms with Crippen molar-refractivity contribution in [3.63, 3.8) is 0 Å². The van der Waals surface area contributed by atoms with Gasteiger partial charge in [-0.2, -0.15) is 5.10 Å². The second-order valence-electron chi connectivity index (χ2n) is 4.18. The highest BCUT2D eigenvalue weighted by Crippen LogP contribution is 2.20. The molecule has 0 spiro atoms. The number of hydrogen-bond donors (Lipinski definition) is 3. The van der Waals surface area contributed by atoms with Crippen LogP contribution in [0.3, 0.4) is 0 Å². The summed E-state index contributed by atoms with van der Waals surface area (Å²) in [6.07, 6.45) is 3.36. The maximum atomic E-state index is 11.7. The van der Waals surface area contributed by atoms with Crippen molar-refractivity contribution < 1.29 is 14.7 Å². The third-order valence-corrected chi connectivity index (χ3v) is 2.66. The van der Waals surface area contributed by atoms with E-state index in [4.69, 9.17) is 10.8 Å². The highest BCUT2D eigenvalue weighted by atomic mass is 16.4. The monoisotopic (exact) mass is 238 g/mol. The Labute approximate surface area is 97.6 Å². The minimum Gasteiger partial charge on any atom is -0.476 e. The number of carboxylic acids is 1. The van der Waals surface area contributed by atoms with Gasteiger partial charge >= 0.3 is 5.97 Å². The minimum atomic E-state index is -1.20. The first-order valence-electron chi connectivity index (χ1n) is 5.37. The zero-order chi connectivity index (χ0) is 12.6. The Balaban J connectivity index is 2.12. The van der Waals surface area contributed by atoms with Crippen molar-refractivity contribution in [2.75, 3.05) is 5.73 Å². The number of amides is 1. The fourth-order valence-corrected chi connectivity index (χ4v) is 1.44. The Morgan fingerprint density at radius 2 is 2.29 bits per heavy atom. The van der Waals surface area contributed by atoms with Crippen LogP contribution < -0.4 is 11.1 Å². The van der Waals surface area contributed by atoms with Crippen LogP contribution in [0.15, 0.2) is 6.20 Å². The molecule has 7 nitrogen and oxygen atoms in total. The van der Waals surface area contributed by atoms with Gasteiger partial charge in [-0.15, -0.1) is 0 Å². The van der Waals surface area contributed by atoms with Crippen molar-refractivity contribution >= 4 is 17.6 Å². The summed E-state index contributed by atoms with van der Waals surface area (Å²) in [6.45, 7) is 1.65.